The van der Waals surface area contributed by atoms with E-state index in [9.17, 15) is 4.79 Å². The maximum Gasteiger partial charge on any atom is 0.339 e. The summed E-state index contributed by atoms with van der Waals surface area (Å²) in [5, 5.41) is 16.3. The molecule has 100 valence electrons. The molecule has 2 heterocycles. The van der Waals surface area contributed by atoms with Crippen LogP contribution in [0.5, 0.6) is 0 Å². The summed E-state index contributed by atoms with van der Waals surface area (Å²) < 4.78 is 1.72. The van der Waals surface area contributed by atoms with Crippen molar-refractivity contribution in [2.75, 3.05) is 17.6 Å². The number of anilines is 2. The average Bonchev–Trinajstić information content (AvgIpc) is 2.77. The highest BCUT2D eigenvalue weighted by Crippen LogP contribution is 2.15. The molecular weight excluding hydrogens is 246 g/mol. The molecular formula is C12H15N5O2. The molecule has 0 atom stereocenters. The minimum atomic E-state index is -1.06. The van der Waals surface area contributed by atoms with Gasteiger partial charge in [0.2, 0.25) is 0 Å². The summed E-state index contributed by atoms with van der Waals surface area (Å²) in [7, 11) is 1.85. The standard InChI is InChI=1S/C12H15N5O2/c1-17-5-3-9(16-17)2-4-14-11-10(12(18)19)6-8(13)7-15-11/h3,5-7H,2,4,13H2,1H3,(H,14,15)(H,18,19). The zero-order valence-electron chi connectivity index (χ0n) is 10.5. The topological polar surface area (TPSA) is 106 Å². The molecule has 0 unspecified atom stereocenters. The van der Waals surface area contributed by atoms with E-state index in [0.717, 1.165) is 5.69 Å². The number of rotatable bonds is 5. The van der Waals surface area contributed by atoms with E-state index in [-0.39, 0.29) is 5.56 Å². The van der Waals surface area contributed by atoms with E-state index in [1.165, 1.54) is 12.3 Å². The molecule has 2 aromatic rings. The molecule has 0 spiro atoms. The van der Waals surface area contributed by atoms with Crippen molar-refractivity contribution in [1.29, 1.82) is 0 Å². The van der Waals surface area contributed by atoms with Gasteiger partial charge in [-0.15, -0.1) is 0 Å². The highest BCUT2D eigenvalue weighted by atomic mass is 16.4. The smallest absolute Gasteiger partial charge is 0.339 e. The lowest BCUT2D eigenvalue weighted by molar-refractivity contribution is 0.0697. The maximum absolute atomic E-state index is 11.1. The van der Waals surface area contributed by atoms with E-state index >= 15 is 0 Å². The normalized spacial score (nSPS) is 10.4. The molecule has 0 bridgehead atoms. The second-order valence-corrected chi connectivity index (χ2v) is 4.13. The van der Waals surface area contributed by atoms with E-state index < -0.39 is 5.97 Å². The summed E-state index contributed by atoms with van der Waals surface area (Å²) in [6.07, 6.45) is 3.97. The van der Waals surface area contributed by atoms with E-state index in [1.807, 2.05) is 19.3 Å². The lowest BCUT2D eigenvalue weighted by Gasteiger charge is -2.08. The first-order valence-electron chi connectivity index (χ1n) is 5.77. The van der Waals surface area contributed by atoms with E-state index in [2.05, 4.69) is 15.4 Å². The highest BCUT2D eigenvalue weighted by molar-refractivity contribution is 5.94. The van der Waals surface area contributed by atoms with Gasteiger partial charge >= 0.3 is 5.97 Å². The number of carboxylic acids is 1. The average molecular weight is 261 g/mol. The van der Waals surface area contributed by atoms with Gasteiger partial charge in [-0.2, -0.15) is 5.10 Å². The van der Waals surface area contributed by atoms with Gasteiger partial charge in [0.05, 0.1) is 17.6 Å². The van der Waals surface area contributed by atoms with Gasteiger partial charge in [-0.3, -0.25) is 4.68 Å². The number of aromatic nitrogens is 3. The van der Waals surface area contributed by atoms with Crippen molar-refractivity contribution in [3.8, 4) is 0 Å². The fraction of sp³-hybridized carbons (Fsp3) is 0.250. The van der Waals surface area contributed by atoms with Crippen LogP contribution in [0.15, 0.2) is 24.5 Å². The van der Waals surface area contributed by atoms with Crippen LogP contribution in [0.3, 0.4) is 0 Å². The molecule has 0 saturated heterocycles. The molecule has 0 saturated carbocycles. The van der Waals surface area contributed by atoms with E-state index in [1.54, 1.807) is 4.68 Å². The van der Waals surface area contributed by atoms with Crippen molar-refractivity contribution >= 4 is 17.5 Å². The first-order valence-corrected chi connectivity index (χ1v) is 5.77. The third kappa shape index (κ3) is 3.21. The first kappa shape index (κ1) is 12.9. The Bertz CT molecular complexity index is 594. The molecule has 0 aliphatic rings. The van der Waals surface area contributed by atoms with Crippen LogP contribution in [0.2, 0.25) is 0 Å². The van der Waals surface area contributed by atoms with E-state index in [4.69, 9.17) is 10.8 Å². The summed E-state index contributed by atoms with van der Waals surface area (Å²) in [6, 6.07) is 3.30. The third-order valence-electron chi connectivity index (χ3n) is 2.58. The third-order valence-corrected chi connectivity index (χ3v) is 2.58. The Balaban J connectivity index is 2.01. The van der Waals surface area contributed by atoms with Crippen molar-refractivity contribution in [2.24, 2.45) is 7.05 Å². The zero-order chi connectivity index (χ0) is 13.8. The molecule has 0 fully saturated rings. The van der Waals surface area contributed by atoms with Gasteiger partial charge in [-0.05, 0) is 12.1 Å². The van der Waals surface area contributed by atoms with Gasteiger partial charge in [0, 0.05) is 26.2 Å². The Labute approximate surface area is 110 Å². The van der Waals surface area contributed by atoms with Crippen LogP contribution < -0.4 is 11.1 Å². The predicted octanol–water partition coefficient (Wildman–Crippen LogP) is 0.750. The molecule has 0 aromatic carbocycles. The number of hydrogen-bond donors (Lipinski definition) is 3. The summed E-state index contributed by atoms with van der Waals surface area (Å²) in [5.41, 5.74) is 6.85. The van der Waals surface area contributed by atoms with Gasteiger partial charge in [0.25, 0.3) is 0 Å². The lowest BCUT2D eigenvalue weighted by Crippen LogP contribution is -2.12. The number of aromatic carboxylic acids is 1. The summed E-state index contributed by atoms with van der Waals surface area (Å²) in [5.74, 6) is -0.738. The first-order chi connectivity index (χ1) is 9.06. The zero-order valence-corrected chi connectivity index (χ0v) is 10.5. The minimum Gasteiger partial charge on any atom is -0.478 e. The van der Waals surface area contributed by atoms with E-state index in [0.29, 0.717) is 24.5 Å². The second-order valence-electron chi connectivity index (χ2n) is 4.13. The predicted molar refractivity (Wildman–Crippen MR) is 71.0 cm³/mol. The highest BCUT2D eigenvalue weighted by Gasteiger charge is 2.11. The molecule has 7 heteroatoms. The van der Waals surface area contributed by atoms with Crippen LogP contribution in [-0.4, -0.2) is 32.4 Å². The van der Waals surface area contributed by atoms with Crippen molar-refractivity contribution in [3.05, 3.63) is 35.8 Å². The Morgan fingerprint density at radius 3 is 3.00 bits per heavy atom. The molecule has 2 rings (SSSR count). The fourth-order valence-electron chi connectivity index (χ4n) is 1.69. The van der Waals surface area contributed by atoms with Gasteiger partial charge in [-0.1, -0.05) is 0 Å². The summed E-state index contributed by atoms with van der Waals surface area (Å²) >= 11 is 0. The van der Waals surface area contributed by atoms with Gasteiger partial charge in [0.1, 0.15) is 11.4 Å². The van der Waals surface area contributed by atoms with Crippen LogP contribution in [0.25, 0.3) is 0 Å². The quantitative estimate of drug-likeness (QED) is 0.733. The summed E-state index contributed by atoms with van der Waals surface area (Å²) in [6.45, 7) is 0.550. The number of carbonyl (C=O) groups is 1. The molecule has 0 radical (unpaired) electrons. The molecule has 19 heavy (non-hydrogen) atoms. The Kier molecular flexibility index (Phi) is 3.65. The minimum absolute atomic E-state index is 0.0704. The number of hydrogen-bond acceptors (Lipinski definition) is 5. The molecule has 0 aliphatic heterocycles. The largest absolute Gasteiger partial charge is 0.478 e. The van der Waals surface area contributed by atoms with Crippen LogP contribution >= 0.6 is 0 Å². The SMILES string of the molecule is Cn1ccc(CCNc2ncc(N)cc2C(=O)O)n1. The lowest BCUT2D eigenvalue weighted by atomic mass is 10.2. The monoisotopic (exact) mass is 261 g/mol. The number of pyridine rings is 1. The van der Waals surface area contributed by atoms with Crippen LogP contribution in [0, 0.1) is 0 Å². The number of aryl methyl sites for hydroxylation is 1. The number of nitrogens with zero attached hydrogens (tertiary/aromatic N) is 3. The van der Waals surface area contributed by atoms with Crippen molar-refractivity contribution in [2.45, 2.75) is 6.42 Å². The van der Waals surface area contributed by atoms with Crippen molar-refractivity contribution < 1.29 is 9.90 Å². The molecule has 4 N–H and O–H groups in total. The number of carboxylic acid groups (broad SMARTS) is 1. The summed E-state index contributed by atoms with van der Waals surface area (Å²) in [4.78, 5) is 15.1. The Morgan fingerprint density at radius 2 is 2.37 bits per heavy atom. The van der Waals surface area contributed by atoms with Crippen molar-refractivity contribution in [3.63, 3.8) is 0 Å². The molecule has 2 aromatic heterocycles. The number of nitrogens with two attached hydrogens (primary N) is 1. The fourth-order valence-corrected chi connectivity index (χ4v) is 1.69. The van der Waals surface area contributed by atoms with Crippen LogP contribution in [0.4, 0.5) is 11.5 Å². The van der Waals surface area contributed by atoms with Crippen LogP contribution in [0.1, 0.15) is 16.1 Å². The van der Waals surface area contributed by atoms with Gasteiger partial charge in [0.15, 0.2) is 0 Å². The Hall–Kier alpha value is -2.57. The molecule has 0 aliphatic carbocycles. The molecule has 7 nitrogen and oxygen atoms in total. The van der Waals surface area contributed by atoms with Crippen molar-refractivity contribution in [1.82, 2.24) is 14.8 Å². The molecule has 0 amide bonds. The maximum atomic E-state index is 11.1. The van der Waals surface area contributed by atoms with Gasteiger partial charge < -0.3 is 16.2 Å². The van der Waals surface area contributed by atoms with Crippen LogP contribution in [-0.2, 0) is 13.5 Å². The number of nitrogens with one attached hydrogen (secondary N) is 1. The number of nitrogen functional groups attached to an aromatic ring is 1. The Morgan fingerprint density at radius 1 is 1.58 bits per heavy atom. The van der Waals surface area contributed by atoms with Gasteiger partial charge in [-0.25, -0.2) is 9.78 Å². The second kappa shape index (κ2) is 5.38.